The third-order valence-corrected chi connectivity index (χ3v) is 6.01. The van der Waals surface area contributed by atoms with Crippen LogP contribution in [0.4, 0.5) is 0 Å². The second-order valence-corrected chi connectivity index (χ2v) is 8.35. The van der Waals surface area contributed by atoms with Crippen LogP contribution in [-0.2, 0) is 22.6 Å². The lowest BCUT2D eigenvalue weighted by atomic mass is 10.0. The number of methoxy groups -OCH3 is 2. The molecule has 1 saturated heterocycles. The van der Waals surface area contributed by atoms with Crippen molar-refractivity contribution in [3.63, 3.8) is 0 Å². The van der Waals surface area contributed by atoms with Gasteiger partial charge in [-0.25, -0.2) is 0 Å². The molecule has 2 atom stereocenters. The number of carbonyl (C=O) groups excluding carboxylic acids is 2. The van der Waals surface area contributed by atoms with Crippen LogP contribution in [0.25, 0.3) is 0 Å². The van der Waals surface area contributed by atoms with Crippen molar-refractivity contribution in [2.24, 2.45) is 0 Å². The van der Waals surface area contributed by atoms with Gasteiger partial charge in [-0.05, 0) is 49.2 Å². The van der Waals surface area contributed by atoms with E-state index < -0.39 is 0 Å². The van der Waals surface area contributed by atoms with Crippen molar-refractivity contribution >= 4 is 11.8 Å². The lowest BCUT2D eigenvalue weighted by Gasteiger charge is -2.33. The number of piperidine rings is 1. The van der Waals surface area contributed by atoms with Gasteiger partial charge in [-0.1, -0.05) is 6.07 Å². The highest BCUT2D eigenvalue weighted by atomic mass is 16.5. The molecule has 3 aliphatic rings. The average Bonchev–Trinajstić information content (AvgIpc) is 2.86. The lowest BCUT2D eigenvalue weighted by molar-refractivity contribution is -0.124. The first-order valence-electron chi connectivity index (χ1n) is 11.5. The monoisotopic (exact) mass is 469 g/mol. The van der Waals surface area contributed by atoms with Gasteiger partial charge in [0.2, 0.25) is 5.91 Å². The number of aryl methyl sites for hydroxylation is 1. The van der Waals surface area contributed by atoms with E-state index in [2.05, 4.69) is 16.0 Å². The summed E-state index contributed by atoms with van der Waals surface area (Å²) in [6, 6.07) is 10.8. The highest BCUT2D eigenvalue weighted by Crippen LogP contribution is 2.29. The van der Waals surface area contributed by atoms with E-state index in [4.69, 9.17) is 18.9 Å². The van der Waals surface area contributed by atoms with Crippen molar-refractivity contribution in [2.45, 2.75) is 38.0 Å². The molecule has 3 N–H and O–H groups in total. The highest BCUT2D eigenvalue weighted by molar-refractivity contribution is 5.78. The third-order valence-electron chi connectivity index (χ3n) is 6.01. The van der Waals surface area contributed by atoms with Gasteiger partial charge in [0, 0.05) is 31.1 Å². The minimum atomic E-state index is -0.250. The maximum absolute atomic E-state index is 12.7. The van der Waals surface area contributed by atoms with Crippen molar-refractivity contribution in [3.05, 3.63) is 47.5 Å². The summed E-state index contributed by atoms with van der Waals surface area (Å²) >= 11 is 0. The van der Waals surface area contributed by atoms with Crippen LogP contribution in [0.5, 0.6) is 23.0 Å². The maximum Gasteiger partial charge on any atom is 0.258 e. The fourth-order valence-corrected chi connectivity index (χ4v) is 4.16. The SMILES string of the molecule is COc1cc2ccc1CNC(=O)CCc1ccc(OC)c(c1)OCC(=O)N[C@@H]1CNCC[C@@H]1O2. The zero-order chi connectivity index (χ0) is 23.9. The Morgan fingerprint density at radius 2 is 1.82 bits per heavy atom. The van der Waals surface area contributed by atoms with E-state index in [1.165, 1.54) is 0 Å². The summed E-state index contributed by atoms with van der Waals surface area (Å²) < 4.78 is 22.9. The molecular formula is C25H31N3O6. The van der Waals surface area contributed by atoms with Gasteiger partial charge in [-0.15, -0.1) is 0 Å². The first-order valence-corrected chi connectivity index (χ1v) is 11.5. The van der Waals surface area contributed by atoms with E-state index in [1.807, 2.05) is 30.3 Å². The smallest absolute Gasteiger partial charge is 0.258 e. The molecule has 0 aliphatic carbocycles. The molecule has 0 spiro atoms. The molecule has 0 radical (unpaired) electrons. The van der Waals surface area contributed by atoms with E-state index in [9.17, 15) is 9.59 Å². The Hall–Kier alpha value is -3.46. The highest BCUT2D eigenvalue weighted by Gasteiger charge is 2.28. The molecule has 0 aromatic heterocycles. The number of ether oxygens (including phenoxy) is 4. The van der Waals surface area contributed by atoms with Gasteiger partial charge in [0.25, 0.3) is 5.91 Å². The number of benzene rings is 2. The zero-order valence-corrected chi connectivity index (χ0v) is 19.5. The summed E-state index contributed by atoms with van der Waals surface area (Å²) in [4.78, 5) is 25.2. The number of fused-ring (bicyclic) bond motifs is 9. The van der Waals surface area contributed by atoms with Crippen molar-refractivity contribution in [2.75, 3.05) is 33.9 Å². The van der Waals surface area contributed by atoms with Gasteiger partial charge in [0.05, 0.1) is 20.3 Å². The summed E-state index contributed by atoms with van der Waals surface area (Å²) in [7, 11) is 3.14. The quantitative estimate of drug-likeness (QED) is 0.613. The summed E-state index contributed by atoms with van der Waals surface area (Å²) in [5.41, 5.74) is 1.77. The Morgan fingerprint density at radius 3 is 2.65 bits per heavy atom. The summed E-state index contributed by atoms with van der Waals surface area (Å²) in [5.74, 6) is 1.95. The number of amides is 2. The number of hydrogen-bond donors (Lipinski definition) is 3. The van der Waals surface area contributed by atoms with E-state index in [0.717, 1.165) is 24.1 Å². The molecule has 2 amide bonds. The molecule has 2 aromatic carbocycles. The molecular weight excluding hydrogens is 438 g/mol. The van der Waals surface area contributed by atoms with Gasteiger partial charge < -0.3 is 34.9 Å². The molecule has 3 aliphatic heterocycles. The van der Waals surface area contributed by atoms with Crippen molar-refractivity contribution in [3.8, 4) is 23.0 Å². The van der Waals surface area contributed by atoms with E-state index in [-0.39, 0.29) is 30.6 Å². The predicted molar refractivity (Wildman–Crippen MR) is 125 cm³/mol. The first-order chi connectivity index (χ1) is 16.6. The molecule has 2 aromatic rings. The molecule has 9 nitrogen and oxygen atoms in total. The number of rotatable bonds is 2. The van der Waals surface area contributed by atoms with Crippen LogP contribution in [0.15, 0.2) is 36.4 Å². The Bertz CT molecular complexity index is 1030. The normalized spacial score (nSPS) is 21.4. The Labute approximate surface area is 199 Å². The van der Waals surface area contributed by atoms with Crippen molar-refractivity contribution in [1.29, 1.82) is 0 Å². The molecule has 9 heteroatoms. The number of hydrogen-bond acceptors (Lipinski definition) is 7. The number of carbonyl (C=O) groups is 2. The first kappa shape index (κ1) is 23.7. The molecule has 182 valence electrons. The lowest BCUT2D eigenvalue weighted by Crippen LogP contribution is -2.56. The Morgan fingerprint density at radius 1 is 0.971 bits per heavy atom. The van der Waals surface area contributed by atoms with Gasteiger partial charge in [-0.3, -0.25) is 9.59 Å². The minimum absolute atomic E-state index is 0.0736. The van der Waals surface area contributed by atoms with Crippen LogP contribution < -0.4 is 34.9 Å². The molecule has 1 fully saturated rings. The maximum atomic E-state index is 12.7. The van der Waals surface area contributed by atoms with Crippen molar-refractivity contribution < 1.29 is 28.5 Å². The van der Waals surface area contributed by atoms with Gasteiger partial charge >= 0.3 is 0 Å². The Balaban J connectivity index is 1.59. The fraction of sp³-hybridized carbons (Fsp3) is 0.440. The van der Waals surface area contributed by atoms with Crippen LogP contribution in [0.3, 0.4) is 0 Å². The standard InChI is InChI=1S/C25H31N3O6/c1-31-21-7-3-16-4-8-24(29)27-13-17-5-6-18(12-22(17)32-2)34-20-9-10-26-14-19(20)28-25(30)15-33-23(21)11-16/h3,5-7,11-12,19-20,26H,4,8-10,13-15H2,1-2H3,(H,27,29)(H,28,30)/t19-,20+/m1/s1. The van der Waals surface area contributed by atoms with E-state index >= 15 is 0 Å². The summed E-state index contributed by atoms with van der Waals surface area (Å²) in [5, 5.41) is 9.28. The van der Waals surface area contributed by atoms with Crippen LogP contribution in [-0.4, -0.2) is 57.9 Å². The molecule has 4 bridgehead atoms. The fourth-order valence-electron chi connectivity index (χ4n) is 4.16. The Kier molecular flexibility index (Phi) is 7.74. The topological polar surface area (TPSA) is 107 Å². The summed E-state index contributed by atoms with van der Waals surface area (Å²) in [6.45, 7) is 1.58. The van der Waals surface area contributed by atoms with Crippen LogP contribution in [0.2, 0.25) is 0 Å². The van der Waals surface area contributed by atoms with Gasteiger partial charge in [0.1, 0.15) is 17.6 Å². The van der Waals surface area contributed by atoms with Crippen LogP contribution in [0, 0.1) is 0 Å². The predicted octanol–water partition coefficient (Wildman–Crippen LogP) is 1.57. The van der Waals surface area contributed by atoms with E-state index in [1.54, 1.807) is 20.3 Å². The molecule has 3 heterocycles. The zero-order valence-electron chi connectivity index (χ0n) is 19.5. The second-order valence-electron chi connectivity index (χ2n) is 8.35. The van der Waals surface area contributed by atoms with Gasteiger partial charge in [0.15, 0.2) is 18.1 Å². The molecule has 0 unspecified atom stereocenters. The number of nitrogens with one attached hydrogen (secondary N) is 3. The largest absolute Gasteiger partial charge is 0.496 e. The van der Waals surface area contributed by atoms with Gasteiger partial charge in [-0.2, -0.15) is 0 Å². The summed E-state index contributed by atoms with van der Waals surface area (Å²) in [6.07, 6.45) is 1.37. The van der Waals surface area contributed by atoms with Crippen LogP contribution >= 0.6 is 0 Å². The molecule has 34 heavy (non-hydrogen) atoms. The molecule has 5 rings (SSSR count). The third kappa shape index (κ3) is 5.91. The molecule has 0 saturated carbocycles. The second kappa shape index (κ2) is 11.1. The van der Waals surface area contributed by atoms with Crippen molar-refractivity contribution in [1.82, 2.24) is 16.0 Å². The average molecular weight is 470 g/mol. The van der Waals surface area contributed by atoms with E-state index in [0.29, 0.717) is 48.9 Å². The van der Waals surface area contributed by atoms with Crippen LogP contribution in [0.1, 0.15) is 24.0 Å². The minimum Gasteiger partial charge on any atom is -0.496 e.